The Balaban J connectivity index is 2.01. The smallest absolute Gasteiger partial charge is 0.264 e. The molecule has 5 nitrogen and oxygen atoms in total. The molecule has 6 heteroatoms. The number of hydrogen-bond acceptors (Lipinski definition) is 4. The number of fused-ring (bicyclic) bond motifs is 1. The molecule has 1 aromatic carbocycles. The lowest BCUT2D eigenvalue weighted by Gasteiger charge is -2.29. The minimum atomic E-state index is -3.91. The molecule has 0 heterocycles. The molecule has 3 N–H and O–H groups in total. The highest BCUT2D eigenvalue weighted by Crippen LogP contribution is 2.36. The van der Waals surface area contributed by atoms with Crippen molar-refractivity contribution < 1.29 is 18.1 Å². The molecule has 106 valence electrons. The maximum atomic E-state index is 10.7. The van der Waals surface area contributed by atoms with Crippen molar-refractivity contribution in [2.24, 2.45) is 0 Å². The molecule has 0 aliphatic heterocycles. The largest absolute Gasteiger partial charge is 0.394 e. The van der Waals surface area contributed by atoms with Crippen LogP contribution < -0.4 is 5.32 Å². The summed E-state index contributed by atoms with van der Waals surface area (Å²) in [4.78, 5) is 0. The molecule has 0 spiro atoms. The summed E-state index contributed by atoms with van der Waals surface area (Å²) < 4.78 is 30.0. The minimum Gasteiger partial charge on any atom is -0.394 e. The molecule has 2 rings (SSSR count). The number of nitrogens with one attached hydrogen (secondary N) is 1. The van der Waals surface area contributed by atoms with Crippen molar-refractivity contribution >= 4 is 10.1 Å². The molecule has 0 bridgehead atoms. The average Bonchev–Trinajstić information content (AvgIpc) is 2.74. The molecule has 0 aromatic heterocycles. The van der Waals surface area contributed by atoms with Gasteiger partial charge in [-0.05, 0) is 36.9 Å². The van der Waals surface area contributed by atoms with Gasteiger partial charge >= 0.3 is 0 Å². The van der Waals surface area contributed by atoms with Gasteiger partial charge < -0.3 is 10.4 Å². The maximum Gasteiger partial charge on any atom is 0.264 e. The highest BCUT2D eigenvalue weighted by molar-refractivity contribution is 7.85. The van der Waals surface area contributed by atoms with Crippen LogP contribution in [-0.2, 0) is 22.1 Å². The number of aliphatic hydroxyl groups is 1. The van der Waals surface area contributed by atoms with E-state index in [4.69, 9.17) is 4.55 Å². The van der Waals surface area contributed by atoms with E-state index in [1.54, 1.807) is 0 Å². The van der Waals surface area contributed by atoms with Crippen LogP contribution in [-0.4, -0.2) is 37.0 Å². The van der Waals surface area contributed by atoms with Gasteiger partial charge in [0.2, 0.25) is 0 Å². The van der Waals surface area contributed by atoms with E-state index in [1.165, 1.54) is 5.56 Å². The molecule has 1 unspecified atom stereocenters. The second kappa shape index (κ2) is 5.58. The van der Waals surface area contributed by atoms with Crippen molar-refractivity contribution in [1.82, 2.24) is 5.32 Å². The average molecular weight is 285 g/mol. The predicted octanol–water partition coefficient (Wildman–Crippen LogP) is 0.688. The predicted molar refractivity (Wildman–Crippen MR) is 72.6 cm³/mol. The van der Waals surface area contributed by atoms with E-state index in [-0.39, 0.29) is 12.4 Å². The summed E-state index contributed by atoms with van der Waals surface area (Å²) in [6.07, 6.45) is 2.03. The summed E-state index contributed by atoms with van der Waals surface area (Å²) in [5, 5.41) is 12.9. The van der Waals surface area contributed by atoms with Crippen molar-refractivity contribution in [3.63, 3.8) is 0 Å². The number of benzene rings is 1. The van der Waals surface area contributed by atoms with Gasteiger partial charge in [0.25, 0.3) is 10.1 Å². The van der Waals surface area contributed by atoms with Crippen LogP contribution in [0.2, 0.25) is 0 Å². The minimum absolute atomic E-state index is 0.0180. The van der Waals surface area contributed by atoms with Gasteiger partial charge in [-0.2, -0.15) is 8.42 Å². The molecule has 0 amide bonds. The third-order valence-corrected chi connectivity index (χ3v) is 4.47. The Kier molecular flexibility index (Phi) is 4.25. The van der Waals surface area contributed by atoms with Crippen molar-refractivity contribution in [1.29, 1.82) is 0 Å². The van der Waals surface area contributed by atoms with E-state index in [0.29, 0.717) is 13.0 Å². The van der Waals surface area contributed by atoms with Gasteiger partial charge in [0.15, 0.2) is 0 Å². The first-order valence-electron chi connectivity index (χ1n) is 6.36. The van der Waals surface area contributed by atoms with Crippen molar-refractivity contribution in [2.45, 2.75) is 24.8 Å². The maximum absolute atomic E-state index is 10.7. The molecule has 1 atom stereocenters. The van der Waals surface area contributed by atoms with E-state index >= 15 is 0 Å². The van der Waals surface area contributed by atoms with E-state index < -0.39 is 15.7 Å². The van der Waals surface area contributed by atoms with Gasteiger partial charge in [-0.3, -0.25) is 4.55 Å². The molecular weight excluding hydrogens is 266 g/mol. The number of aryl methyl sites for hydroxylation is 1. The third-order valence-electron chi connectivity index (χ3n) is 3.67. The molecule has 0 fully saturated rings. The molecule has 0 radical (unpaired) electrons. The molecule has 1 aliphatic carbocycles. The van der Waals surface area contributed by atoms with Crippen LogP contribution in [0, 0.1) is 0 Å². The molecule has 1 aliphatic rings. The lowest BCUT2D eigenvalue weighted by molar-refractivity contribution is 0.161. The van der Waals surface area contributed by atoms with Gasteiger partial charge in [0.1, 0.15) is 0 Å². The first-order valence-corrected chi connectivity index (χ1v) is 7.97. The molecule has 1 aromatic rings. The summed E-state index contributed by atoms with van der Waals surface area (Å²) in [6, 6.07) is 7.96. The fraction of sp³-hybridized carbons (Fsp3) is 0.538. The number of hydrogen-bond donors (Lipinski definition) is 3. The van der Waals surface area contributed by atoms with Crippen LogP contribution in [0.15, 0.2) is 24.3 Å². The first-order chi connectivity index (χ1) is 8.97. The lowest BCUT2D eigenvalue weighted by Crippen LogP contribution is -2.44. The zero-order valence-electron chi connectivity index (χ0n) is 10.7. The first kappa shape index (κ1) is 14.5. The molecule has 0 saturated carbocycles. The second-order valence-electron chi connectivity index (χ2n) is 4.96. The summed E-state index contributed by atoms with van der Waals surface area (Å²) >= 11 is 0. The lowest BCUT2D eigenvalue weighted by atomic mass is 9.92. The molecule has 19 heavy (non-hydrogen) atoms. The summed E-state index contributed by atoms with van der Waals surface area (Å²) in [7, 11) is -3.91. The zero-order valence-corrected chi connectivity index (χ0v) is 11.5. The van der Waals surface area contributed by atoms with E-state index in [0.717, 1.165) is 18.4 Å². The van der Waals surface area contributed by atoms with Crippen molar-refractivity contribution in [2.75, 3.05) is 18.9 Å². The Hall–Kier alpha value is -0.950. The van der Waals surface area contributed by atoms with Gasteiger partial charge in [-0.15, -0.1) is 0 Å². The fourth-order valence-electron chi connectivity index (χ4n) is 2.67. The topological polar surface area (TPSA) is 86.6 Å². The van der Waals surface area contributed by atoms with Gasteiger partial charge in [-0.1, -0.05) is 24.3 Å². The van der Waals surface area contributed by atoms with Gasteiger partial charge in [0.05, 0.1) is 17.9 Å². The normalized spacial score (nSPS) is 22.4. The highest BCUT2D eigenvalue weighted by atomic mass is 32.2. The van der Waals surface area contributed by atoms with Crippen LogP contribution in [0.25, 0.3) is 0 Å². The van der Waals surface area contributed by atoms with Crippen LogP contribution in [0.5, 0.6) is 0 Å². The molecular formula is C13H19NO4S. The van der Waals surface area contributed by atoms with Crippen LogP contribution in [0.4, 0.5) is 0 Å². The Morgan fingerprint density at radius 2 is 2.05 bits per heavy atom. The Labute approximate surface area is 113 Å². The number of aliphatic hydroxyl groups excluding tert-OH is 1. The summed E-state index contributed by atoms with van der Waals surface area (Å²) in [6.45, 7) is 0.421. The Morgan fingerprint density at radius 3 is 2.74 bits per heavy atom. The quantitative estimate of drug-likeness (QED) is 0.529. The number of rotatable bonds is 6. The van der Waals surface area contributed by atoms with E-state index in [1.807, 2.05) is 24.3 Å². The second-order valence-corrected chi connectivity index (χ2v) is 6.54. The van der Waals surface area contributed by atoms with E-state index in [9.17, 15) is 13.5 Å². The highest BCUT2D eigenvalue weighted by Gasteiger charge is 2.37. The zero-order chi connectivity index (χ0) is 13.9. The van der Waals surface area contributed by atoms with Crippen LogP contribution >= 0.6 is 0 Å². The summed E-state index contributed by atoms with van der Waals surface area (Å²) in [5.74, 6) is -0.261. The van der Waals surface area contributed by atoms with Gasteiger partial charge in [-0.25, -0.2) is 0 Å². The van der Waals surface area contributed by atoms with Crippen LogP contribution in [0.1, 0.15) is 24.0 Å². The van der Waals surface area contributed by atoms with Crippen LogP contribution in [0.3, 0.4) is 0 Å². The third kappa shape index (κ3) is 3.33. The Bertz CT molecular complexity index is 543. The van der Waals surface area contributed by atoms with Crippen molar-refractivity contribution in [3.05, 3.63) is 35.4 Å². The summed E-state index contributed by atoms with van der Waals surface area (Å²) in [5.41, 5.74) is 1.83. The fourth-order valence-corrected chi connectivity index (χ4v) is 3.18. The monoisotopic (exact) mass is 285 g/mol. The van der Waals surface area contributed by atoms with Crippen molar-refractivity contribution in [3.8, 4) is 0 Å². The van der Waals surface area contributed by atoms with E-state index in [2.05, 4.69) is 5.32 Å². The molecule has 0 saturated heterocycles. The SMILES string of the molecule is O=S(=O)(O)CCCNC1(CO)CCc2ccccc21. The standard InChI is InChI=1S/C13H19NO4S/c15-10-13(14-8-3-9-19(16,17)18)7-6-11-4-1-2-5-12(11)13/h1-2,4-5,14-15H,3,6-10H2,(H,16,17,18). The van der Waals surface area contributed by atoms with Gasteiger partial charge in [0, 0.05) is 0 Å². The Morgan fingerprint density at radius 1 is 1.32 bits per heavy atom.